The van der Waals surface area contributed by atoms with E-state index in [0.717, 1.165) is 77.9 Å². The standard InChI is InChI=1S/2C40H26N2.C39H25N3/c1-2-12-34(32-22-30(28-9-7-19-41-25-28)21-31(23-32)29-10-8-20-42-26-29)33(11-1)27-17-18-39-37-15-4-3-13-35(37)36-14-5-6-16-38(36)40(39)24-27;1-2-8-34(32-24-30(27-15-19-41-20-16-27)23-31(25-32)28-17-21-42-22-18-28)33(7-1)29-13-14-39-37-11-4-3-9-35(37)36-10-5-6-12-38(36)40(39)26-29;1-3-13-26(14-4-1)37-40-38(27-15-5-2-6-16-27)42-39(41-37)35-22-12-7-17-29(35)28-23-24-34-32-20-9-8-18-30(32)31-19-10-11-21-33(31)36(34)25-28/h2*1-26H;1-25H. The summed E-state index contributed by atoms with van der Waals surface area (Å²) in [6.07, 6.45) is 14.9. The van der Waals surface area contributed by atoms with Gasteiger partial charge in [-0.3, -0.25) is 19.9 Å². The van der Waals surface area contributed by atoms with Gasteiger partial charge in [-0.05, 0) is 277 Å². The number of fused-ring (bicyclic) bond motifs is 18. The summed E-state index contributed by atoms with van der Waals surface area (Å²) in [4.78, 5) is 32.2. The fourth-order valence-electron chi connectivity index (χ4n) is 18.4. The first-order valence-electron chi connectivity index (χ1n) is 42.6. The summed E-state index contributed by atoms with van der Waals surface area (Å²) in [6, 6.07) is 149. The average Bonchev–Trinajstić information content (AvgIpc) is 0.747. The molecule has 0 unspecified atom stereocenters. The van der Waals surface area contributed by atoms with E-state index >= 15 is 0 Å². The molecule has 19 aromatic carbocycles. The van der Waals surface area contributed by atoms with Crippen molar-refractivity contribution in [1.29, 1.82) is 0 Å². The number of nitrogens with zero attached hydrogens (tertiary/aromatic N) is 7. The van der Waals surface area contributed by atoms with E-state index in [2.05, 4.69) is 366 Å². The maximum Gasteiger partial charge on any atom is 0.164 e. The van der Waals surface area contributed by atoms with Crippen molar-refractivity contribution in [2.45, 2.75) is 0 Å². The molecular weight excluding hydrogens is 1530 g/mol. The maximum absolute atomic E-state index is 5.02. The number of hydrogen-bond acceptors (Lipinski definition) is 7. The van der Waals surface area contributed by atoms with Gasteiger partial charge in [-0.25, -0.2) is 15.0 Å². The molecule has 0 aliphatic heterocycles. The fourth-order valence-corrected chi connectivity index (χ4v) is 18.4. The smallest absolute Gasteiger partial charge is 0.164 e. The van der Waals surface area contributed by atoms with Gasteiger partial charge in [-0.15, -0.1) is 0 Å². The molecule has 7 nitrogen and oxygen atoms in total. The summed E-state index contributed by atoms with van der Waals surface area (Å²) in [5, 5.41) is 23.0. The molecule has 0 saturated carbocycles. The Morgan fingerprint density at radius 2 is 0.341 bits per heavy atom. The molecule has 5 aromatic heterocycles. The Bertz CT molecular complexity index is 7200. The molecule has 0 atom stereocenters. The van der Waals surface area contributed by atoms with Crippen LogP contribution in [0.1, 0.15) is 0 Å². The number of aromatic nitrogens is 7. The van der Waals surface area contributed by atoms with Crippen molar-refractivity contribution in [3.8, 4) is 134 Å². The molecule has 0 saturated heterocycles. The molecule has 0 fully saturated rings. The molecular formula is C119H77N7. The third-order valence-corrected chi connectivity index (χ3v) is 24.4. The lowest BCUT2D eigenvalue weighted by molar-refractivity contribution is 1.07. The number of rotatable bonds is 12. The predicted molar refractivity (Wildman–Crippen MR) is 527 cm³/mol. The van der Waals surface area contributed by atoms with Gasteiger partial charge in [-0.2, -0.15) is 0 Å². The van der Waals surface area contributed by atoms with Gasteiger partial charge in [0.15, 0.2) is 17.5 Å². The molecule has 0 radical (unpaired) electrons. The van der Waals surface area contributed by atoms with Crippen molar-refractivity contribution in [3.05, 3.63) is 468 Å². The summed E-state index contributed by atoms with van der Waals surface area (Å²) in [5.74, 6) is 1.97. The molecule has 0 aliphatic carbocycles. The van der Waals surface area contributed by atoms with Crippen LogP contribution in [0.15, 0.2) is 468 Å². The second kappa shape index (κ2) is 33.3. The summed E-state index contributed by atoms with van der Waals surface area (Å²) >= 11 is 0. The van der Waals surface area contributed by atoms with Gasteiger partial charge in [0.05, 0.1) is 0 Å². The van der Waals surface area contributed by atoms with Crippen LogP contribution in [0.3, 0.4) is 0 Å². The first-order valence-corrected chi connectivity index (χ1v) is 42.6. The molecule has 5 heterocycles. The van der Waals surface area contributed by atoms with Crippen LogP contribution in [0.5, 0.6) is 0 Å². The zero-order valence-electron chi connectivity index (χ0n) is 68.6. The monoisotopic (exact) mass is 1600 g/mol. The minimum absolute atomic E-state index is 0.654. The van der Waals surface area contributed by atoms with Crippen LogP contribution >= 0.6 is 0 Å². The van der Waals surface area contributed by atoms with Crippen molar-refractivity contribution in [1.82, 2.24) is 34.9 Å². The molecule has 0 spiro atoms. The minimum Gasteiger partial charge on any atom is -0.265 e. The van der Waals surface area contributed by atoms with Gasteiger partial charge in [0.1, 0.15) is 0 Å². The molecule has 126 heavy (non-hydrogen) atoms. The van der Waals surface area contributed by atoms with Crippen molar-refractivity contribution >= 4 is 97.0 Å². The minimum atomic E-state index is 0.654. The number of pyridine rings is 4. The van der Waals surface area contributed by atoms with E-state index in [1.54, 1.807) is 0 Å². The van der Waals surface area contributed by atoms with Gasteiger partial charge in [0, 0.05) is 77.4 Å². The van der Waals surface area contributed by atoms with Crippen molar-refractivity contribution in [3.63, 3.8) is 0 Å². The molecule has 588 valence electrons. The van der Waals surface area contributed by atoms with Crippen molar-refractivity contribution < 1.29 is 0 Å². The predicted octanol–water partition coefficient (Wildman–Crippen LogP) is 31.2. The maximum atomic E-state index is 5.02. The van der Waals surface area contributed by atoms with E-state index in [1.807, 2.05) is 122 Å². The van der Waals surface area contributed by atoms with E-state index in [0.29, 0.717) is 17.5 Å². The lowest BCUT2D eigenvalue weighted by Crippen LogP contribution is -2.01. The first-order chi connectivity index (χ1) is 62.5. The van der Waals surface area contributed by atoms with Gasteiger partial charge in [-0.1, -0.05) is 328 Å². The quantitative estimate of drug-likeness (QED) is 0.113. The Balaban J connectivity index is 0.000000112. The average molecular weight is 1600 g/mol. The van der Waals surface area contributed by atoms with Gasteiger partial charge in [0.25, 0.3) is 0 Å². The van der Waals surface area contributed by atoms with Crippen LogP contribution in [0.4, 0.5) is 0 Å². The first kappa shape index (κ1) is 75.3. The van der Waals surface area contributed by atoms with Crippen LogP contribution in [0.25, 0.3) is 231 Å². The van der Waals surface area contributed by atoms with Crippen LogP contribution in [0, 0.1) is 0 Å². The zero-order chi connectivity index (χ0) is 83.6. The Labute approximate surface area is 729 Å². The van der Waals surface area contributed by atoms with Gasteiger partial charge in [0.2, 0.25) is 0 Å². The highest BCUT2D eigenvalue weighted by Crippen LogP contribution is 2.46. The topological polar surface area (TPSA) is 90.2 Å². The summed E-state index contributed by atoms with van der Waals surface area (Å²) in [5.41, 5.74) is 23.7. The molecule has 0 N–H and O–H groups in total. The van der Waals surface area contributed by atoms with E-state index in [-0.39, 0.29) is 0 Å². The van der Waals surface area contributed by atoms with Crippen molar-refractivity contribution in [2.24, 2.45) is 0 Å². The lowest BCUT2D eigenvalue weighted by Gasteiger charge is -2.16. The fraction of sp³-hybridized carbons (Fsp3) is 0. The van der Waals surface area contributed by atoms with E-state index in [9.17, 15) is 0 Å². The molecule has 24 rings (SSSR count). The second-order valence-corrected chi connectivity index (χ2v) is 31.8. The molecule has 7 heteroatoms. The third-order valence-electron chi connectivity index (χ3n) is 24.4. The Morgan fingerprint density at radius 1 is 0.111 bits per heavy atom. The highest BCUT2D eigenvalue weighted by Gasteiger charge is 2.21. The molecule has 0 amide bonds. The summed E-state index contributed by atoms with van der Waals surface area (Å²) < 4.78 is 0. The molecule has 0 bridgehead atoms. The third kappa shape index (κ3) is 14.4. The van der Waals surface area contributed by atoms with Gasteiger partial charge >= 0.3 is 0 Å². The Morgan fingerprint density at radius 3 is 0.643 bits per heavy atom. The Kier molecular flexibility index (Phi) is 19.9. The van der Waals surface area contributed by atoms with Gasteiger partial charge < -0.3 is 0 Å². The highest BCUT2D eigenvalue weighted by molar-refractivity contribution is 6.28. The number of hydrogen-bond donors (Lipinski definition) is 0. The largest absolute Gasteiger partial charge is 0.265 e. The highest BCUT2D eigenvalue weighted by atomic mass is 15.0. The summed E-state index contributed by atoms with van der Waals surface area (Å²) in [7, 11) is 0. The van der Waals surface area contributed by atoms with Crippen LogP contribution in [-0.2, 0) is 0 Å². The van der Waals surface area contributed by atoms with E-state index in [4.69, 9.17) is 15.0 Å². The molecule has 0 aliphatic rings. The van der Waals surface area contributed by atoms with E-state index in [1.165, 1.54) is 136 Å². The number of benzene rings is 19. The Hall–Kier alpha value is -16.9. The van der Waals surface area contributed by atoms with E-state index < -0.39 is 0 Å². The second-order valence-electron chi connectivity index (χ2n) is 31.8. The van der Waals surface area contributed by atoms with Crippen LogP contribution in [-0.4, -0.2) is 34.9 Å². The SMILES string of the molecule is c1ccc(-c2ccc3c4ccccc4c4ccccc4c3c2)c(-c2cc(-c3ccncc3)cc(-c3ccncc3)c2)c1.c1ccc(-c2nc(-c3ccccc3)nc(-c3ccccc3-c3ccc4c5ccccc5c5ccccc5c4c3)n2)cc1.c1cncc(-c2cc(-c3cccnc3)cc(-c3ccccc3-c3ccc4c5ccccc5c5ccccc5c4c3)c2)c1. The van der Waals surface area contributed by atoms with Crippen LogP contribution < -0.4 is 0 Å². The van der Waals surface area contributed by atoms with Crippen molar-refractivity contribution in [2.75, 3.05) is 0 Å². The molecule has 24 aromatic rings. The normalized spacial score (nSPS) is 11.3. The zero-order valence-corrected chi connectivity index (χ0v) is 68.6. The summed E-state index contributed by atoms with van der Waals surface area (Å²) in [6.45, 7) is 0. The van der Waals surface area contributed by atoms with Crippen LogP contribution in [0.2, 0.25) is 0 Å². The lowest BCUT2D eigenvalue weighted by atomic mass is 9.88.